The number of rotatable bonds is 2. The standard InChI is InChI=1S/C12H21NO4/c1-12(2,3)7-10(14)13-5-6-17-9(8-13)11(15)16-4/h9H,5-8H2,1-4H3. The van der Waals surface area contributed by atoms with Crippen LogP contribution in [0.15, 0.2) is 0 Å². The Morgan fingerprint density at radius 3 is 2.59 bits per heavy atom. The minimum atomic E-state index is -0.641. The fourth-order valence-corrected chi connectivity index (χ4v) is 1.72. The second-order valence-corrected chi connectivity index (χ2v) is 5.46. The van der Waals surface area contributed by atoms with Crippen molar-refractivity contribution in [3.63, 3.8) is 0 Å². The smallest absolute Gasteiger partial charge is 0.336 e. The van der Waals surface area contributed by atoms with Crippen molar-refractivity contribution in [1.29, 1.82) is 0 Å². The van der Waals surface area contributed by atoms with Gasteiger partial charge in [-0.25, -0.2) is 4.79 Å². The van der Waals surface area contributed by atoms with Crippen molar-refractivity contribution >= 4 is 11.9 Å². The molecule has 0 bridgehead atoms. The second-order valence-electron chi connectivity index (χ2n) is 5.46. The van der Waals surface area contributed by atoms with Crippen LogP contribution >= 0.6 is 0 Å². The van der Waals surface area contributed by atoms with E-state index in [1.807, 2.05) is 20.8 Å². The molecule has 1 rings (SSSR count). The van der Waals surface area contributed by atoms with Crippen LogP contribution in [0.2, 0.25) is 0 Å². The number of methoxy groups -OCH3 is 1. The van der Waals surface area contributed by atoms with E-state index in [0.29, 0.717) is 26.1 Å². The minimum Gasteiger partial charge on any atom is -0.467 e. The zero-order chi connectivity index (χ0) is 13.1. The number of hydrogen-bond donors (Lipinski definition) is 0. The number of nitrogens with zero attached hydrogens (tertiary/aromatic N) is 1. The maximum atomic E-state index is 12.0. The van der Waals surface area contributed by atoms with Crippen LogP contribution in [0.25, 0.3) is 0 Å². The van der Waals surface area contributed by atoms with Crippen LogP contribution in [0.3, 0.4) is 0 Å². The SMILES string of the molecule is COC(=O)C1CN(C(=O)CC(C)(C)C)CCO1. The molecule has 5 heteroatoms. The van der Waals surface area contributed by atoms with Crippen LogP contribution in [0.5, 0.6) is 0 Å². The highest BCUT2D eigenvalue weighted by Crippen LogP contribution is 2.20. The summed E-state index contributed by atoms with van der Waals surface area (Å²) in [6, 6.07) is 0. The third-order valence-electron chi connectivity index (χ3n) is 2.56. The van der Waals surface area contributed by atoms with Gasteiger partial charge in [0, 0.05) is 13.0 Å². The number of morpholine rings is 1. The van der Waals surface area contributed by atoms with Crippen molar-refractivity contribution < 1.29 is 19.1 Å². The minimum absolute atomic E-state index is 0.0455. The molecule has 1 aliphatic heterocycles. The molecule has 1 atom stereocenters. The molecule has 1 aliphatic rings. The highest BCUT2D eigenvalue weighted by Gasteiger charge is 2.31. The largest absolute Gasteiger partial charge is 0.467 e. The van der Waals surface area contributed by atoms with Crippen LogP contribution in [-0.2, 0) is 19.1 Å². The monoisotopic (exact) mass is 243 g/mol. The van der Waals surface area contributed by atoms with Crippen LogP contribution in [0.4, 0.5) is 0 Å². The summed E-state index contributed by atoms with van der Waals surface area (Å²) in [5.41, 5.74) is -0.0455. The molecule has 17 heavy (non-hydrogen) atoms. The summed E-state index contributed by atoms with van der Waals surface area (Å²) in [4.78, 5) is 25.0. The Bertz CT molecular complexity index is 295. The molecule has 0 aliphatic carbocycles. The first-order valence-electron chi connectivity index (χ1n) is 5.81. The number of hydrogen-bond acceptors (Lipinski definition) is 4. The lowest BCUT2D eigenvalue weighted by molar-refractivity contribution is -0.162. The topological polar surface area (TPSA) is 55.8 Å². The van der Waals surface area contributed by atoms with E-state index in [9.17, 15) is 9.59 Å². The van der Waals surface area contributed by atoms with E-state index >= 15 is 0 Å². The number of esters is 1. The average molecular weight is 243 g/mol. The van der Waals surface area contributed by atoms with Gasteiger partial charge in [0.05, 0.1) is 20.3 Å². The van der Waals surface area contributed by atoms with Gasteiger partial charge in [0.1, 0.15) is 0 Å². The maximum Gasteiger partial charge on any atom is 0.336 e. The predicted molar refractivity (Wildman–Crippen MR) is 62.4 cm³/mol. The van der Waals surface area contributed by atoms with Crippen LogP contribution in [-0.4, -0.2) is 49.7 Å². The Balaban J connectivity index is 2.55. The third-order valence-corrected chi connectivity index (χ3v) is 2.56. The van der Waals surface area contributed by atoms with Crippen molar-refractivity contribution in [2.45, 2.75) is 33.3 Å². The molecule has 1 saturated heterocycles. The maximum absolute atomic E-state index is 12.0. The third kappa shape index (κ3) is 4.34. The van der Waals surface area contributed by atoms with Crippen molar-refractivity contribution in [1.82, 2.24) is 4.90 Å². The van der Waals surface area contributed by atoms with Crippen LogP contribution < -0.4 is 0 Å². The van der Waals surface area contributed by atoms with Crippen molar-refractivity contribution in [3.8, 4) is 0 Å². The molecular weight excluding hydrogens is 222 g/mol. The molecule has 0 saturated carbocycles. The molecule has 1 unspecified atom stereocenters. The summed E-state index contributed by atoms with van der Waals surface area (Å²) >= 11 is 0. The molecular formula is C12H21NO4. The molecule has 98 valence electrons. The Morgan fingerprint density at radius 2 is 2.06 bits per heavy atom. The fraction of sp³-hybridized carbons (Fsp3) is 0.833. The second kappa shape index (κ2) is 5.49. The summed E-state index contributed by atoms with van der Waals surface area (Å²) in [7, 11) is 1.32. The molecule has 0 aromatic heterocycles. The normalized spacial score (nSPS) is 21.2. The Morgan fingerprint density at radius 1 is 1.41 bits per heavy atom. The summed E-state index contributed by atoms with van der Waals surface area (Å²) in [5, 5.41) is 0. The zero-order valence-corrected chi connectivity index (χ0v) is 11.0. The van der Waals surface area contributed by atoms with Gasteiger partial charge in [0.2, 0.25) is 5.91 Å². The lowest BCUT2D eigenvalue weighted by Gasteiger charge is -2.33. The van der Waals surface area contributed by atoms with E-state index < -0.39 is 12.1 Å². The van der Waals surface area contributed by atoms with Gasteiger partial charge in [-0.15, -0.1) is 0 Å². The van der Waals surface area contributed by atoms with Gasteiger partial charge in [0.25, 0.3) is 0 Å². The molecule has 5 nitrogen and oxygen atoms in total. The molecule has 1 heterocycles. The van der Waals surface area contributed by atoms with E-state index in [-0.39, 0.29) is 11.3 Å². The number of amides is 1. The predicted octanol–water partition coefficient (Wildman–Crippen LogP) is 0.823. The molecule has 0 N–H and O–H groups in total. The highest BCUT2D eigenvalue weighted by molar-refractivity contribution is 5.79. The highest BCUT2D eigenvalue weighted by atomic mass is 16.6. The molecule has 1 fully saturated rings. The molecule has 1 amide bonds. The molecule has 0 aromatic rings. The van der Waals surface area contributed by atoms with Crippen molar-refractivity contribution in [3.05, 3.63) is 0 Å². The molecule has 0 aromatic carbocycles. The van der Waals surface area contributed by atoms with Crippen LogP contribution in [0, 0.1) is 5.41 Å². The molecule has 0 radical (unpaired) electrons. The van der Waals surface area contributed by atoms with E-state index in [1.54, 1.807) is 4.90 Å². The van der Waals surface area contributed by atoms with E-state index in [1.165, 1.54) is 7.11 Å². The summed E-state index contributed by atoms with van der Waals surface area (Å²) < 4.78 is 9.89. The first-order valence-corrected chi connectivity index (χ1v) is 5.81. The number of carbonyl (C=O) groups is 2. The number of ether oxygens (including phenoxy) is 2. The van der Waals surface area contributed by atoms with Gasteiger partial charge >= 0.3 is 5.97 Å². The first kappa shape index (κ1) is 14.0. The van der Waals surface area contributed by atoms with E-state index in [0.717, 1.165) is 0 Å². The lowest BCUT2D eigenvalue weighted by Crippen LogP contribution is -2.49. The van der Waals surface area contributed by atoms with Gasteiger partial charge in [-0.2, -0.15) is 0 Å². The van der Waals surface area contributed by atoms with Gasteiger partial charge < -0.3 is 14.4 Å². The van der Waals surface area contributed by atoms with Crippen molar-refractivity contribution in [2.75, 3.05) is 26.8 Å². The molecule has 0 spiro atoms. The summed E-state index contributed by atoms with van der Waals surface area (Å²) in [6.45, 7) is 7.27. The Hall–Kier alpha value is -1.10. The fourth-order valence-electron chi connectivity index (χ4n) is 1.72. The quantitative estimate of drug-likeness (QED) is 0.674. The van der Waals surface area contributed by atoms with Crippen LogP contribution in [0.1, 0.15) is 27.2 Å². The lowest BCUT2D eigenvalue weighted by atomic mass is 9.91. The first-order chi connectivity index (χ1) is 7.83. The summed E-state index contributed by atoms with van der Waals surface area (Å²) in [5.74, 6) is -0.354. The Kier molecular flexibility index (Phi) is 4.51. The van der Waals surface area contributed by atoms with Gasteiger partial charge in [-0.3, -0.25) is 4.79 Å². The average Bonchev–Trinajstić information content (AvgIpc) is 2.26. The zero-order valence-electron chi connectivity index (χ0n) is 11.0. The van der Waals surface area contributed by atoms with E-state index in [2.05, 4.69) is 4.74 Å². The number of carbonyl (C=O) groups excluding carboxylic acids is 2. The van der Waals surface area contributed by atoms with Crippen molar-refractivity contribution in [2.24, 2.45) is 5.41 Å². The van der Waals surface area contributed by atoms with Gasteiger partial charge in [-0.05, 0) is 5.41 Å². The Labute approximate surface area is 102 Å². The summed E-state index contributed by atoms with van der Waals surface area (Å²) in [6.07, 6.45) is -0.168. The van der Waals surface area contributed by atoms with Gasteiger partial charge in [-0.1, -0.05) is 20.8 Å². The van der Waals surface area contributed by atoms with Gasteiger partial charge in [0.15, 0.2) is 6.10 Å². The van der Waals surface area contributed by atoms with E-state index in [4.69, 9.17) is 4.74 Å².